The molecule has 0 unspecified atom stereocenters. The van der Waals surface area contributed by atoms with Gasteiger partial charge in [0.05, 0.1) is 18.4 Å². The molecule has 2 heterocycles. The van der Waals surface area contributed by atoms with Crippen LogP contribution in [0.15, 0.2) is 35.6 Å². The maximum absolute atomic E-state index is 13.6. The monoisotopic (exact) mass is 557 g/mol. The molecule has 0 atom stereocenters. The summed E-state index contributed by atoms with van der Waals surface area (Å²) in [7, 11) is 1.81. The molecule has 1 aromatic heterocycles. The molecule has 174 valence electrons. The van der Waals surface area contributed by atoms with Crippen LogP contribution in [0.3, 0.4) is 0 Å². The predicted molar refractivity (Wildman–Crippen MR) is 132 cm³/mol. The minimum atomic E-state index is -0.407. The smallest absolute Gasteiger partial charge is 0.251 e. The first-order chi connectivity index (χ1) is 14.9. The standard InChI is InChI=1S/C21H28FN7O2.HI/c1-4-23-21(25-8-7-24-20(31)16-6-5-15(2)18(22)11-16)28-9-10-29(19(30)14-28)17-12-26-27(3)13-17;/h5-6,11-13H,4,7-10,14H2,1-3H3,(H,23,25)(H,24,31);1H. The molecule has 0 bridgehead atoms. The molecule has 2 aromatic rings. The quantitative estimate of drug-likeness (QED) is 0.243. The van der Waals surface area contributed by atoms with E-state index in [9.17, 15) is 14.0 Å². The molecule has 3 rings (SSSR count). The number of carbonyl (C=O) groups excluding carboxylic acids is 2. The Labute approximate surface area is 204 Å². The van der Waals surface area contributed by atoms with E-state index in [2.05, 4.69) is 20.7 Å². The topological polar surface area (TPSA) is 94.9 Å². The summed E-state index contributed by atoms with van der Waals surface area (Å²) in [5, 5.41) is 10.1. The second kappa shape index (κ2) is 11.8. The first-order valence-corrected chi connectivity index (χ1v) is 10.3. The molecule has 1 saturated heterocycles. The number of aryl methyl sites for hydroxylation is 2. The lowest BCUT2D eigenvalue weighted by Crippen LogP contribution is -2.55. The van der Waals surface area contributed by atoms with Gasteiger partial charge in [0, 0.05) is 45.0 Å². The zero-order valence-corrected chi connectivity index (χ0v) is 20.8. The van der Waals surface area contributed by atoms with Gasteiger partial charge in [-0.3, -0.25) is 19.3 Å². The van der Waals surface area contributed by atoms with E-state index in [0.717, 1.165) is 5.69 Å². The van der Waals surface area contributed by atoms with E-state index in [0.29, 0.717) is 44.2 Å². The van der Waals surface area contributed by atoms with Crippen LogP contribution in [0.1, 0.15) is 22.8 Å². The molecule has 2 N–H and O–H groups in total. The third-order valence-electron chi connectivity index (χ3n) is 4.95. The number of benzene rings is 1. The summed E-state index contributed by atoms with van der Waals surface area (Å²) in [6.45, 7) is 6.26. The van der Waals surface area contributed by atoms with Gasteiger partial charge in [-0.2, -0.15) is 5.10 Å². The van der Waals surface area contributed by atoms with Crippen LogP contribution in [0, 0.1) is 12.7 Å². The molecule has 32 heavy (non-hydrogen) atoms. The van der Waals surface area contributed by atoms with Gasteiger partial charge >= 0.3 is 0 Å². The number of amides is 2. The molecule has 1 aromatic carbocycles. The zero-order valence-electron chi connectivity index (χ0n) is 18.5. The Morgan fingerprint density at radius 2 is 2.06 bits per heavy atom. The molecule has 0 spiro atoms. The van der Waals surface area contributed by atoms with Crippen LogP contribution < -0.4 is 15.5 Å². The van der Waals surface area contributed by atoms with Crippen LogP contribution >= 0.6 is 24.0 Å². The van der Waals surface area contributed by atoms with E-state index >= 15 is 0 Å². The summed E-state index contributed by atoms with van der Waals surface area (Å²) in [6, 6.07) is 4.40. The van der Waals surface area contributed by atoms with Crippen LogP contribution in [0.4, 0.5) is 10.1 Å². The SMILES string of the molecule is CCNC(=NCCNC(=O)c1ccc(C)c(F)c1)N1CCN(c2cnn(C)c2)C(=O)C1.I. The van der Waals surface area contributed by atoms with Gasteiger partial charge in [0.15, 0.2) is 5.96 Å². The van der Waals surface area contributed by atoms with E-state index in [-0.39, 0.29) is 47.9 Å². The predicted octanol–water partition coefficient (Wildman–Crippen LogP) is 1.53. The Bertz CT molecular complexity index is 979. The Morgan fingerprint density at radius 1 is 1.28 bits per heavy atom. The highest BCUT2D eigenvalue weighted by Gasteiger charge is 2.27. The van der Waals surface area contributed by atoms with E-state index in [1.165, 1.54) is 6.07 Å². The third-order valence-corrected chi connectivity index (χ3v) is 4.95. The van der Waals surface area contributed by atoms with Gasteiger partial charge < -0.3 is 20.4 Å². The number of nitrogens with zero attached hydrogens (tertiary/aromatic N) is 5. The van der Waals surface area contributed by atoms with Gasteiger partial charge in [0.1, 0.15) is 12.4 Å². The maximum Gasteiger partial charge on any atom is 0.251 e. The van der Waals surface area contributed by atoms with Crippen LogP contribution in [0.25, 0.3) is 0 Å². The first-order valence-electron chi connectivity index (χ1n) is 10.3. The van der Waals surface area contributed by atoms with Gasteiger partial charge in [0.25, 0.3) is 5.91 Å². The highest BCUT2D eigenvalue weighted by atomic mass is 127. The average Bonchev–Trinajstić information content (AvgIpc) is 3.18. The number of rotatable bonds is 6. The fraction of sp³-hybridized carbons (Fsp3) is 0.429. The van der Waals surface area contributed by atoms with Crippen molar-refractivity contribution in [2.45, 2.75) is 13.8 Å². The fourth-order valence-corrected chi connectivity index (χ4v) is 3.27. The van der Waals surface area contributed by atoms with Gasteiger partial charge in [-0.25, -0.2) is 4.39 Å². The van der Waals surface area contributed by atoms with Crippen molar-refractivity contribution < 1.29 is 14.0 Å². The largest absolute Gasteiger partial charge is 0.357 e. The molecule has 0 saturated carbocycles. The number of aromatic nitrogens is 2. The van der Waals surface area contributed by atoms with Gasteiger partial charge in [-0.15, -0.1) is 24.0 Å². The van der Waals surface area contributed by atoms with Crippen molar-refractivity contribution in [1.29, 1.82) is 0 Å². The van der Waals surface area contributed by atoms with Crippen molar-refractivity contribution in [1.82, 2.24) is 25.3 Å². The molecular weight excluding hydrogens is 528 g/mol. The maximum atomic E-state index is 13.6. The van der Waals surface area contributed by atoms with Crippen molar-refractivity contribution in [3.05, 3.63) is 47.5 Å². The van der Waals surface area contributed by atoms with Gasteiger partial charge in [-0.05, 0) is 31.5 Å². The number of anilines is 1. The van der Waals surface area contributed by atoms with Crippen LogP contribution in [-0.4, -0.2) is 71.7 Å². The van der Waals surface area contributed by atoms with Gasteiger partial charge in [0.2, 0.25) is 5.91 Å². The minimum Gasteiger partial charge on any atom is -0.357 e. The molecule has 1 aliphatic heterocycles. The summed E-state index contributed by atoms with van der Waals surface area (Å²) in [5.41, 5.74) is 1.55. The molecule has 1 fully saturated rings. The number of halogens is 2. The number of carbonyl (C=O) groups is 2. The highest BCUT2D eigenvalue weighted by Crippen LogP contribution is 2.16. The Morgan fingerprint density at radius 3 is 2.69 bits per heavy atom. The van der Waals surface area contributed by atoms with Crippen molar-refractivity contribution in [3.8, 4) is 0 Å². The summed E-state index contributed by atoms with van der Waals surface area (Å²) < 4.78 is 15.3. The second-order valence-electron chi connectivity index (χ2n) is 7.29. The number of hydrogen-bond acceptors (Lipinski definition) is 4. The lowest BCUT2D eigenvalue weighted by Gasteiger charge is -2.35. The Hall–Kier alpha value is -2.70. The summed E-state index contributed by atoms with van der Waals surface area (Å²) in [4.78, 5) is 33.0. The molecule has 11 heteroatoms. The summed E-state index contributed by atoms with van der Waals surface area (Å²) >= 11 is 0. The minimum absolute atomic E-state index is 0. The first kappa shape index (κ1) is 25.6. The summed E-state index contributed by atoms with van der Waals surface area (Å²) in [6.07, 6.45) is 3.49. The van der Waals surface area contributed by atoms with Crippen LogP contribution in [0.5, 0.6) is 0 Å². The van der Waals surface area contributed by atoms with Crippen molar-refractivity contribution in [2.24, 2.45) is 12.0 Å². The van der Waals surface area contributed by atoms with Gasteiger partial charge in [-0.1, -0.05) is 6.07 Å². The van der Waals surface area contributed by atoms with Crippen LogP contribution in [0.2, 0.25) is 0 Å². The average molecular weight is 557 g/mol. The second-order valence-corrected chi connectivity index (χ2v) is 7.29. The Balaban J connectivity index is 0.00000363. The third kappa shape index (κ3) is 6.40. The van der Waals surface area contributed by atoms with Crippen molar-refractivity contribution in [2.75, 3.05) is 44.2 Å². The van der Waals surface area contributed by atoms with Crippen molar-refractivity contribution >= 4 is 47.4 Å². The molecule has 1 aliphatic rings. The number of nitrogens with one attached hydrogen (secondary N) is 2. The molecular formula is C21H29FIN7O2. The van der Waals surface area contributed by atoms with E-state index in [4.69, 9.17) is 0 Å². The van der Waals surface area contributed by atoms with E-state index in [1.54, 1.807) is 34.8 Å². The number of guanidine groups is 1. The lowest BCUT2D eigenvalue weighted by molar-refractivity contribution is -0.120. The van der Waals surface area contributed by atoms with E-state index < -0.39 is 5.82 Å². The lowest BCUT2D eigenvalue weighted by atomic mass is 10.1. The molecule has 0 aliphatic carbocycles. The Kier molecular flexibility index (Phi) is 9.42. The van der Waals surface area contributed by atoms with Crippen molar-refractivity contribution in [3.63, 3.8) is 0 Å². The van der Waals surface area contributed by atoms with E-state index in [1.807, 2.05) is 25.1 Å². The highest BCUT2D eigenvalue weighted by molar-refractivity contribution is 14.0. The molecule has 0 radical (unpaired) electrons. The molecule has 9 nitrogen and oxygen atoms in total. The molecule has 2 amide bonds. The van der Waals surface area contributed by atoms with Crippen LogP contribution in [-0.2, 0) is 11.8 Å². The zero-order chi connectivity index (χ0) is 22.4. The fourth-order valence-electron chi connectivity index (χ4n) is 3.27. The number of aliphatic imine (C=N–C) groups is 1. The number of hydrogen-bond donors (Lipinski definition) is 2. The summed E-state index contributed by atoms with van der Waals surface area (Å²) in [5.74, 6) is -0.161. The normalized spacial score (nSPS) is 14.2. The number of piperazine rings is 1.